The fourth-order valence-electron chi connectivity index (χ4n) is 6.17. The molecule has 0 heterocycles. The number of carboxylic acid groups (broad SMARTS) is 1. The second-order valence-corrected chi connectivity index (χ2v) is 16.2. The molecule has 0 aromatic carbocycles. The summed E-state index contributed by atoms with van der Waals surface area (Å²) in [4.78, 5) is 36.9. The number of rotatable bonds is 40. The molecular weight excluding hydrogens is 751 g/mol. The lowest BCUT2D eigenvalue weighted by Gasteiger charge is -2.34. The zero-order chi connectivity index (χ0) is 44.2. The van der Waals surface area contributed by atoms with Crippen molar-refractivity contribution in [3.8, 4) is 0 Å². The number of aliphatic carboxylic acids is 1. The Balaban J connectivity index is 4.39. The first-order chi connectivity index (χ1) is 29.1. The lowest BCUT2D eigenvalue weighted by molar-refractivity contribution is -0.889. The summed E-state index contributed by atoms with van der Waals surface area (Å²) in [6.45, 7) is 4.37. The van der Waals surface area contributed by atoms with Crippen LogP contribution in [0.1, 0.15) is 162 Å². The van der Waals surface area contributed by atoms with Crippen LogP contribution < -0.4 is 5.11 Å². The standard InChI is InChI=1S/C52H85NO7/c1-6-8-10-12-14-16-18-20-22-24-25-26-27-29-30-32-34-36-38-40-42-50(54)59-47-48(46-58-45-44-49(52(56)57)53(3,4)5)60-51(55)43-41-39-37-35-33-31-28-23-21-19-17-15-13-11-9-7-2/h8-11,14-17,20-23,25-26,31,33,48-49H,6-7,12-13,18-19,24,27-30,32,34-47H2,1-5H3/b10-8+,11-9+,16-14+,17-15+,22-20+,23-21+,26-25+,33-31+. The van der Waals surface area contributed by atoms with Crippen molar-refractivity contribution in [2.45, 2.75) is 174 Å². The number of allylic oxidation sites excluding steroid dienone is 16. The highest BCUT2D eigenvalue weighted by Crippen LogP contribution is 2.13. The molecule has 0 aromatic rings. The van der Waals surface area contributed by atoms with Crippen LogP contribution >= 0.6 is 0 Å². The van der Waals surface area contributed by atoms with Crippen molar-refractivity contribution in [3.05, 3.63) is 97.2 Å². The van der Waals surface area contributed by atoms with Gasteiger partial charge in [-0.25, -0.2) is 0 Å². The van der Waals surface area contributed by atoms with Gasteiger partial charge in [0.05, 0.1) is 40.3 Å². The minimum atomic E-state index is -1.14. The molecule has 0 amide bonds. The average molecular weight is 836 g/mol. The first-order valence-electron chi connectivity index (χ1n) is 23.3. The Hall–Kier alpha value is -3.75. The van der Waals surface area contributed by atoms with Gasteiger partial charge in [0.25, 0.3) is 0 Å². The van der Waals surface area contributed by atoms with E-state index < -0.39 is 18.1 Å². The Morgan fingerprint density at radius 2 is 0.883 bits per heavy atom. The number of carbonyl (C=O) groups is 3. The Kier molecular flexibility index (Phi) is 39.3. The van der Waals surface area contributed by atoms with E-state index in [0.29, 0.717) is 12.8 Å². The van der Waals surface area contributed by atoms with Crippen LogP contribution in [0, 0.1) is 0 Å². The Morgan fingerprint density at radius 3 is 1.32 bits per heavy atom. The van der Waals surface area contributed by atoms with Crippen molar-refractivity contribution >= 4 is 17.9 Å². The molecule has 2 atom stereocenters. The van der Waals surface area contributed by atoms with Gasteiger partial charge in [0, 0.05) is 19.3 Å². The van der Waals surface area contributed by atoms with E-state index in [4.69, 9.17) is 14.2 Å². The number of esters is 2. The first kappa shape index (κ1) is 56.2. The normalized spacial score (nSPS) is 13.8. The van der Waals surface area contributed by atoms with Crippen molar-refractivity contribution in [1.82, 2.24) is 0 Å². The topological polar surface area (TPSA) is 102 Å². The van der Waals surface area contributed by atoms with Crippen molar-refractivity contribution in [2.24, 2.45) is 0 Å². The maximum Gasteiger partial charge on any atom is 0.306 e. The first-order valence-corrected chi connectivity index (χ1v) is 23.3. The maximum absolute atomic E-state index is 12.7. The zero-order valence-electron chi connectivity index (χ0n) is 38.6. The van der Waals surface area contributed by atoms with Crippen molar-refractivity contribution in [3.63, 3.8) is 0 Å². The van der Waals surface area contributed by atoms with E-state index in [1.165, 1.54) is 19.3 Å². The second kappa shape index (κ2) is 42.0. The molecule has 0 spiro atoms. The van der Waals surface area contributed by atoms with E-state index in [-0.39, 0.29) is 49.1 Å². The van der Waals surface area contributed by atoms with E-state index in [2.05, 4.69) is 111 Å². The highest BCUT2D eigenvalue weighted by molar-refractivity contribution is 5.70. The van der Waals surface area contributed by atoms with Crippen LogP contribution in [0.4, 0.5) is 0 Å². The van der Waals surface area contributed by atoms with E-state index in [0.717, 1.165) is 103 Å². The number of hydrogen-bond acceptors (Lipinski definition) is 7. The quantitative estimate of drug-likeness (QED) is 0.0262. The summed E-state index contributed by atoms with van der Waals surface area (Å²) in [5.74, 6) is -1.80. The Labute approximate surface area is 366 Å². The lowest BCUT2D eigenvalue weighted by Crippen LogP contribution is -2.55. The van der Waals surface area contributed by atoms with Gasteiger partial charge in [-0.1, -0.05) is 150 Å². The van der Waals surface area contributed by atoms with Gasteiger partial charge in [-0.15, -0.1) is 0 Å². The summed E-state index contributed by atoms with van der Waals surface area (Å²) >= 11 is 0. The van der Waals surface area contributed by atoms with Crippen molar-refractivity contribution < 1.29 is 38.2 Å². The van der Waals surface area contributed by atoms with E-state index >= 15 is 0 Å². The summed E-state index contributed by atoms with van der Waals surface area (Å²) in [7, 11) is 5.38. The summed E-state index contributed by atoms with van der Waals surface area (Å²) in [6.07, 6.45) is 55.7. The van der Waals surface area contributed by atoms with Crippen LogP contribution in [0.25, 0.3) is 0 Å². The highest BCUT2D eigenvalue weighted by Gasteiger charge is 2.25. The molecule has 8 nitrogen and oxygen atoms in total. The van der Waals surface area contributed by atoms with Crippen LogP contribution in [-0.2, 0) is 28.6 Å². The fraction of sp³-hybridized carbons (Fsp3) is 0.635. The van der Waals surface area contributed by atoms with Gasteiger partial charge in [-0.05, 0) is 89.9 Å². The van der Waals surface area contributed by atoms with Crippen LogP contribution in [0.3, 0.4) is 0 Å². The predicted octanol–water partition coefficient (Wildman–Crippen LogP) is 11.7. The minimum Gasteiger partial charge on any atom is -0.544 e. The molecule has 8 heteroatoms. The number of ether oxygens (including phenoxy) is 3. The summed E-state index contributed by atoms with van der Waals surface area (Å²) in [5, 5.41) is 11.6. The highest BCUT2D eigenvalue weighted by atomic mass is 16.6. The number of unbranched alkanes of at least 4 members (excludes halogenated alkanes) is 10. The number of nitrogens with zero attached hydrogens (tertiary/aromatic N) is 1. The number of carboxylic acids is 1. The van der Waals surface area contributed by atoms with Gasteiger partial charge in [0.15, 0.2) is 6.10 Å². The summed E-state index contributed by atoms with van der Waals surface area (Å²) in [6, 6.07) is -0.739. The molecule has 0 saturated carbocycles. The molecule has 0 aliphatic heterocycles. The number of quaternary nitrogens is 1. The van der Waals surface area contributed by atoms with Crippen LogP contribution in [0.2, 0.25) is 0 Å². The lowest BCUT2D eigenvalue weighted by atomic mass is 10.1. The van der Waals surface area contributed by atoms with E-state index in [1.54, 1.807) is 21.1 Å². The number of likely N-dealkylation sites (N-methyl/N-ethyl adjacent to an activating group) is 1. The Morgan fingerprint density at radius 1 is 0.500 bits per heavy atom. The third-order valence-electron chi connectivity index (χ3n) is 9.72. The van der Waals surface area contributed by atoms with Gasteiger partial charge in [-0.2, -0.15) is 0 Å². The molecule has 0 rings (SSSR count). The second-order valence-electron chi connectivity index (χ2n) is 16.2. The third kappa shape index (κ3) is 39.7. The molecule has 0 fully saturated rings. The van der Waals surface area contributed by atoms with Crippen molar-refractivity contribution in [2.75, 3.05) is 41.0 Å². The maximum atomic E-state index is 12.7. The SMILES string of the molecule is CC/C=C/C/C=C/C/C=C/C/C=C/CCCCCCCCCC(=O)OCC(COCCC(C(=O)[O-])[N+](C)(C)C)OC(=O)CCCCC/C=C/C/C=C/C/C=C/C/C=C/CC. The monoisotopic (exact) mass is 836 g/mol. The van der Waals surface area contributed by atoms with Gasteiger partial charge >= 0.3 is 11.9 Å². The molecule has 2 unspecified atom stereocenters. The average Bonchev–Trinajstić information content (AvgIpc) is 3.21. The molecule has 0 saturated heterocycles. The van der Waals surface area contributed by atoms with Crippen molar-refractivity contribution in [1.29, 1.82) is 0 Å². The summed E-state index contributed by atoms with van der Waals surface area (Å²) in [5.41, 5.74) is 0. The van der Waals surface area contributed by atoms with E-state index in [9.17, 15) is 19.5 Å². The fourth-order valence-corrected chi connectivity index (χ4v) is 6.17. The van der Waals surface area contributed by atoms with E-state index in [1.807, 2.05) is 0 Å². The molecule has 0 aliphatic carbocycles. The van der Waals surface area contributed by atoms with Gasteiger partial charge < -0.3 is 28.6 Å². The molecule has 340 valence electrons. The van der Waals surface area contributed by atoms with Crippen LogP contribution in [0.5, 0.6) is 0 Å². The number of hydrogen-bond donors (Lipinski definition) is 0. The molecule has 0 bridgehead atoms. The Bertz CT molecular complexity index is 1300. The van der Waals surface area contributed by atoms with Gasteiger partial charge in [-0.3, -0.25) is 9.59 Å². The molecule has 0 radical (unpaired) electrons. The van der Waals surface area contributed by atoms with Gasteiger partial charge in [0.2, 0.25) is 0 Å². The molecule has 60 heavy (non-hydrogen) atoms. The van der Waals surface area contributed by atoms with Crippen LogP contribution in [-0.4, -0.2) is 75.5 Å². The predicted molar refractivity (Wildman–Crippen MR) is 249 cm³/mol. The molecule has 0 aliphatic rings. The third-order valence-corrected chi connectivity index (χ3v) is 9.72. The summed E-state index contributed by atoms with van der Waals surface area (Å²) < 4.78 is 17.1. The van der Waals surface area contributed by atoms with Crippen LogP contribution in [0.15, 0.2) is 97.2 Å². The zero-order valence-corrected chi connectivity index (χ0v) is 38.6. The molecule has 0 N–H and O–H groups in total. The largest absolute Gasteiger partial charge is 0.544 e. The smallest absolute Gasteiger partial charge is 0.306 e. The minimum absolute atomic E-state index is 0.0179. The molecular formula is C52H85NO7. The van der Waals surface area contributed by atoms with Gasteiger partial charge in [0.1, 0.15) is 12.6 Å². The molecule has 0 aromatic heterocycles. The number of carbonyl (C=O) groups excluding carboxylic acids is 3.